The SMILES string of the molecule is CN1C(=O)[C@@](C)([C@@H](Nc2ccc(Cl)cc2)c2ccccc2)c2ccccc21. The van der Waals surface area contributed by atoms with Crippen LogP contribution >= 0.6 is 11.6 Å². The Labute approximate surface area is 164 Å². The van der Waals surface area contributed by atoms with Gasteiger partial charge in [-0.25, -0.2) is 0 Å². The van der Waals surface area contributed by atoms with E-state index in [1.807, 2.05) is 74.6 Å². The summed E-state index contributed by atoms with van der Waals surface area (Å²) in [6, 6.07) is 25.5. The van der Waals surface area contributed by atoms with Crippen molar-refractivity contribution >= 4 is 28.9 Å². The molecule has 136 valence electrons. The normalized spacial score (nSPS) is 19.7. The van der Waals surface area contributed by atoms with Crippen LogP contribution in [0.15, 0.2) is 78.9 Å². The minimum absolute atomic E-state index is 0.0824. The highest BCUT2D eigenvalue weighted by molar-refractivity contribution is 6.30. The van der Waals surface area contributed by atoms with Gasteiger partial charge in [0, 0.05) is 23.4 Å². The van der Waals surface area contributed by atoms with E-state index >= 15 is 0 Å². The van der Waals surface area contributed by atoms with Gasteiger partial charge in [0.1, 0.15) is 0 Å². The zero-order valence-corrected chi connectivity index (χ0v) is 16.1. The summed E-state index contributed by atoms with van der Waals surface area (Å²) in [7, 11) is 1.84. The van der Waals surface area contributed by atoms with Crippen molar-refractivity contribution in [2.75, 3.05) is 17.3 Å². The molecule has 0 bridgehead atoms. The highest BCUT2D eigenvalue weighted by Crippen LogP contribution is 2.49. The van der Waals surface area contributed by atoms with E-state index in [2.05, 4.69) is 23.5 Å². The van der Waals surface area contributed by atoms with Gasteiger partial charge in [0.2, 0.25) is 5.91 Å². The average molecular weight is 377 g/mol. The summed E-state index contributed by atoms with van der Waals surface area (Å²) in [5.41, 5.74) is 3.26. The van der Waals surface area contributed by atoms with Crippen LogP contribution in [0, 0.1) is 0 Å². The number of nitrogens with one attached hydrogen (secondary N) is 1. The van der Waals surface area contributed by atoms with E-state index in [-0.39, 0.29) is 11.9 Å². The lowest BCUT2D eigenvalue weighted by Gasteiger charge is -2.35. The van der Waals surface area contributed by atoms with Crippen molar-refractivity contribution in [1.82, 2.24) is 0 Å². The molecule has 1 amide bonds. The quantitative estimate of drug-likeness (QED) is 0.658. The van der Waals surface area contributed by atoms with Crippen LogP contribution in [-0.2, 0) is 10.2 Å². The first-order valence-corrected chi connectivity index (χ1v) is 9.34. The lowest BCUT2D eigenvalue weighted by molar-refractivity contribution is -0.122. The van der Waals surface area contributed by atoms with Crippen molar-refractivity contribution in [3.05, 3.63) is 95.0 Å². The number of halogens is 1. The molecule has 1 N–H and O–H groups in total. The number of amides is 1. The van der Waals surface area contributed by atoms with Gasteiger partial charge in [0.15, 0.2) is 0 Å². The first-order valence-electron chi connectivity index (χ1n) is 8.96. The molecule has 0 aromatic heterocycles. The summed E-state index contributed by atoms with van der Waals surface area (Å²) in [4.78, 5) is 15.2. The third-order valence-corrected chi connectivity index (χ3v) is 5.69. The Balaban J connectivity index is 1.86. The van der Waals surface area contributed by atoms with Gasteiger partial charge in [-0.05, 0) is 48.4 Å². The Morgan fingerprint density at radius 2 is 1.56 bits per heavy atom. The highest BCUT2D eigenvalue weighted by Gasteiger charge is 2.51. The molecule has 0 aliphatic carbocycles. The number of hydrogen-bond donors (Lipinski definition) is 1. The van der Waals surface area contributed by atoms with Crippen LogP contribution < -0.4 is 10.2 Å². The van der Waals surface area contributed by atoms with Crippen molar-refractivity contribution in [1.29, 1.82) is 0 Å². The van der Waals surface area contributed by atoms with Gasteiger partial charge in [-0.3, -0.25) is 4.79 Å². The van der Waals surface area contributed by atoms with E-state index in [0.717, 1.165) is 22.5 Å². The van der Waals surface area contributed by atoms with Gasteiger partial charge in [-0.2, -0.15) is 0 Å². The van der Waals surface area contributed by atoms with Crippen LogP contribution in [0.25, 0.3) is 0 Å². The number of rotatable bonds is 4. The Morgan fingerprint density at radius 3 is 2.26 bits per heavy atom. The molecule has 4 heteroatoms. The fraction of sp³-hybridized carbons (Fsp3) is 0.174. The van der Waals surface area contributed by atoms with Crippen LogP contribution in [0.1, 0.15) is 24.1 Å². The topological polar surface area (TPSA) is 32.3 Å². The standard InChI is InChI=1S/C23H21ClN2O/c1-23(19-10-6-7-11-20(19)26(2)22(23)27)21(16-8-4-3-5-9-16)25-18-14-12-17(24)13-15-18/h3-15,21,25H,1-2H3/t21-,23+/m0/s1. The van der Waals surface area contributed by atoms with Crippen molar-refractivity contribution in [2.24, 2.45) is 0 Å². The maximum atomic E-state index is 13.4. The minimum Gasteiger partial charge on any atom is -0.377 e. The maximum Gasteiger partial charge on any atom is 0.239 e. The average Bonchev–Trinajstić information content (AvgIpc) is 2.90. The maximum absolute atomic E-state index is 13.4. The molecule has 0 saturated carbocycles. The second-order valence-electron chi connectivity index (χ2n) is 7.08. The van der Waals surface area contributed by atoms with Crippen molar-refractivity contribution < 1.29 is 4.79 Å². The van der Waals surface area contributed by atoms with E-state index in [1.54, 1.807) is 4.90 Å². The third kappa shape index (κ3) is 2.88. The third-order valence-electron chi connectivity index (χ3n) is 5.44. The molecule has 0 fully saturated rings. The number of carbonyl (C=O) groups excluding carboxylic acids is 1. The second-order valence-corrected chi connectivity index (χ2v) is 7.52. The number of para-hydroxylation sites is 1. The summed E-state index contributed by atoms with van der Waals surface area (Å²) in [6.45, 7) is 2.03. The van der Waals surface area contributed by atoms with Crippen LogP contribution in [0.2, 0.25) is 5.02 Å². The Morgan fingerprint density at radius 1 is 0.926 bits per heavy atom. The summed E-state index contributed by atoms with van der Waals surface area (Å²) in [5, 5.41) is 4.28. The summed E-state index contributed by atoms with van der Waals surface area (Å²) in [5.74, 6) is 0.0824. The van der Waals surface area contributed by atoms with Gasteiger partial charge in [-0.15, -0.1) is 0 Å². The number of anilines is 2. The van der Waals surface area contributed by atoms with Gasteiger partial charge in [0.05, 0.1) is 11.5 Å². The van der Waals surface area contributed by atoms with Crippen LogP contribution in [0.3, 0.4) is 0 Å². The molecular weight excluding hydrogens is 356 g/mol. The van der Waals surface area contributed by atoms with E-state index in [0.29, 0.717) is 5.02 Å². The van der Waals surface area contributed by atoms with Crippen molar-refractivity contribution in [2.45, 2.75) is 18.4 Å². The van der Waals surface area contributed by atoms with Gasteiger partial charge >= 0.3 is 0 Å². The van der Waals surface area contributed by atoms with E-state index in [4.69, 9.17) is 11.6 Å². The van der Waals surface area contributed by atoms with Gasteiger partial charge in [0.25, 0.3) is 0 Å². The molecule has 1 aliphatic heterocycles. The number of carbonyl (C=O) groups is 1. The Kier molecular flexibility index (Phi) is 4.40. The van der Waals surface area contributed by atoms with E-state index in [1.165, 1.54) is 0 Å². The summed E-state index contributed by atoms with van der Waals surface area (Å²) >= 11 is 6.04. The number of likely N-dealkylation sites (N-methyl/N-ethyl adjacent to an activating group) is 1. The molecule has 3 nitrogen and oxygen atoms in total. The summed E-state index contributed by atoms with van der Waals surface area (Å²) < 4.78 is 0. The van der Waals surface area contributed by atoms with Gasteiger partial charge < -0.3 is 10.2 Å². The molecule has 2 atom stereocenters. The summed E-state index contributed by atoms with van der Waals surface area (Å²) in [6.07, 6.45) is 0. The molecular formula is C23H21ClN2O. The molecule has 4 rings (SSSR count). The fourth-order valence-corrected chi connectivity index (χ4v) is 4.10. The number of hydrogen-bond acceptors (Lipinski definition) is 2. The van der Waals surface area contributed by atoms with Crippen molar-refractivity contribution in [3.8, 4) is 0 Å². The predicted molar refractivity (Wildman–Crippen MR) is 111 cm³/mol. The zero-order chi connectivity index (χ0) is 19.0. The second kappa shape index (κ2) is 6.75. The number of benzene rings is 3. The number of fused-ring (bicyclic) bond motifs is 1. The lowest BCUT2D eigenvalue weighted by atomic mass is 9.74. The Hall–Kier alpha value is -2.78. The number of nitrogens with zero attached hydrogens (tertiary/aromatic N) is 1. The smallest absolute Gasteiger partial charge is 0.239 e. The highest BCUT2D eigenvalue weighted by atomic mass is 35.5. The Bertz CT molecular complexity index is 971. The molecule has 1 aliphatic rings. The van der Waals surface area contributed by atoms with E-state index in [9.17, 15) is 4.79 Å². The first-order chi connectivity index (χ1) is 13.0. The minimum atomic E-state index is -0.730. The fourth-order valence-electron chi connectivity index (χ4n) is 3.98. The zero-order valence-electron chi connectivity index (χ0n) is 15.3. The molecule has 0 radical (unpaired) electrons. The molecule has 3 aromatic rings. The van der Waals surface area contributed by atoms with E-state index < -0.39 is 5.41 Å². The molecule has 0 spiro atoms. The van der Waals surface area contributed by atoms with Gasteiger partial charge in [-0.1, -0.05) is 60.1 Å². The molecule has 27 heavy (non-hydrogen) atoms. The largest absolute Gasteiger partial charge is 0.377 e. The first kappa shape index (κ1) is 17.6. The monoisotopic (exact) mass is 376 g/mol. The van der Waals surface area contributed by atoms with Crippen LogP contribution in [0.4, 0.5) is 11.4 Å². The molecule has 1 heterocycles. The molecule has 0 unspecified atom stereocenters. The lowest BCUT2D eigenvalue weighted by Crippen LogP contribution is -2.44. The predicted octanol–water partition coefficient (Wildman–Crippen LogP) is 5.43. The van der Waals surface area contributed by atoms with Crippen molar-refractivity contribution in [3.63, 3.8) is 0 Å². The van der Waals surface area contributed by atoms with Crippen LogP contribution in [0.5, 0.6) is 0 Å². The van der Waals surface area contributed by atoms with Crippen LogP contribution in [-0.4, -0.2) is 13.0 Å². The molecule has 0 saturated heterocycles. The molecule has 3 aromatic carbocycles.